The van der Waals surface area contributed by atoms with E-state index in [-0.39, 0.29) is 18.7 Å². The number of terminal acetylenes is 1. The monoisotopic (exact) mass is 941 g/mol. The first-order valence-corrected chi connectivity index (χ1v) is 22.9. The molecule has 0 aromatic heterocycles. The van der Waals surface area contributed by atoms with Crippen LogP contribution in [-0.2, 0) is 31.1 Å². The van der Waals surface area contributed by atoms with Crippen LogP contribution in [0.3, 0.4) is 0 Å². The highest BCUT2D eigenvalue weighted by Crippen LogP contribution is 2.30. The Morgan fingerprint density at radius 1 is 0.742 bits per heavy atom. The SMILES string of the molecule is C.C#C.CCCCCCCCO.CCOc1ccc(/C=C(\C#N)C(=O)O)cc1OCC.O=S(=O)(O)O.[B][B].[C-]#[N+]/C(=C\Cc1ccc(OCC)c(OCC)c1)C(=O)OCCCCCCCC. The molecule has 66 heavy (non-hydrogen) atoms. The van der Waals surface area contributed by atoms with Crippen molar-refractivity contribution in [1.29, 1.82) is 5.26 Å². The van der Waals surface area contributed by atoms with Gasteiger partial charge < -0.3 is 33.9 Å². The summed E-state index contributed by atoms with van der Waals surface area (Å²) in [6.45, 7) is 22.0. The summed E-state index contributed by atoms with van der Waals surface area (Å²) in [5.41, 5.74) is 1.21. The maximum atomic E-state index is 12.1. The van der Waals surface area contributed by atoms with Crippen LogP contribution in [0.25, 0.3) is 10.9 Å². The number of carboxylic acid groups (broad SMARTS) is 1. The Bertz CT molecular complexity index is 1810. The molecule has 15 nitrogen and oxygen atoms in total. The second-order valence-corrected chi connectivity index (χ2v) is 13.8. The van der Waals surface area contributed by atoms with Crippen molar-refractivity contribution in [3.8, 4) is 41.9 Å². The summed E-state index contributed by atoms with van der Waals surface area (Å²) in [5, 5.41) is 25.9. The van der Waals surface area contributed by atoms with Gasteiger partial charge in [-0.05, 0) is 88.4 Å². The number of unbranched alkanes of at least 4 members (excludes halogenated alkanes) is 10. The van der Waals surface area contributed by atoms with Crippen molar-refractivity contribution in [1.82, 2.24) is 0 Å². The van der Waals surface area contributed by atoms with E-state index in [2.05, 4.69) is 47.0 Å². The molecule has 0 spiro atoms. The van der Waals surface area contributed by atoms with Crippen molar-refractivity contribution in [2.24, 2.45) is 0 Å². The normalized spacial score (nSPS) is 10.1. The average Bonchev–Trinajstić information content (AvgIpc) is 3.28. The number of allylic oxidation sites excluding steroid dienone is 1. The molecule has 366 valence electrons. The lowest BCUT2D eigenvalue weighted by atomic mass is 9.81. The number of nitriles is 1. The zero-order valence-electron chi connectivity index (χ0n) is 39.1. The summed E-state index contributed by atoms with van der Waals surface area (Å²) in [6.07, 6.45) is 25.6. The fraction of sp³-hybridized carbons (Fsp3) is 0.542. The van der Waals surface area contributed by atoms with Gasteiger partial charge in [-0.2, -0.15) is 13.7 Å². The standard InChI is InChI=1S/C23H33NO4.C14H15NO4.C8H18O.C2H2.CH4.B2.H2O4S/c1-5-8-9-10-11-12-17-28-23(25)20(24-4)15-13-19-14-16-21(26-6-2)22(18-19)27-7-3;1-3-18-12-6-5-10(8-13(12)19-4-2)7-11(9-15)14(16)17;1-2-3-4-5-6-7-8-9;1-2;;1-2;1-5(2,3)4/h14-16,18H,5-13,17H2,1-3H3;5-8H,3-4H2,1-2H3,(H,16,17);9H,2-8H2,1H3;1-2H;1H4;;(H2,1,2,3,4)/b20-15-;11-7+;;;;;. The molecule has 0 aliphatic heterocycles. The van der Waals surface area contributed by atoms with Crippen LogP contribution in [0.4, 0.5) is 0 Å². The minimum Gasteiger partial charge on any atom is -0.490 e. The number of aliphatic hydroxyl groups is 1. The van der Waals surface area contributed by atoms with Crippen LogP contribution in [0.5, 0.6) is 23.0 Å². The van der Waals surface area contributed by atoms with Gasteiger partial charge in [-0.25, -0.2) is 9.64 Å². The zero-order valence-corrected chi connectivity index (χ0v) is 39.9. The molecule has 0 unspecified atom stereocenters. The predicted molar refractivity (Wildman–Crippen MR) is 264 cm³/mol. The predicted octanol–water partition coefficient (Wildman–Crippen LogP) is 10.0. The van der Waals surface area contributed by atoms with Gasteiger partial charge in [0.05, 0.1) is 39.6 Å². The fourth-order valence-electron chi connectivity index (χ4n) is 5.09. The molecule has 18 heteroatoms. The van der Waals surface area contributed by atoms with E-state index >= 15 is 0 Å². The topological polar surface area (TPSA) is 223 Å². The quantitative estimate of drug-likeness (QED) is 0.0101. The lowest BCUT2D eigenvalue weighted by Crippen LogP contribution is -2.07. The Balaban J connectivity index is -0.000000280. The van der Waals surface area contributed by atoms with E-state index in [9.17, 15) is 9.59 Å². The van der Waals surface area contributed by atoms with Crippen molar-refractivity contribution in [2.45, 2.75) is 132 Å². The van der Waals surface area contributed by atoms with Gasteiger partial charge in [0.25, 0.3) is 5.70 Å². The van der Waals surface area contributed by atoms with Gasteiger partial charge in [-0.3, -0.25) is 13.9 Å². The van der Waals surface area contributed by atoms with Crippen LogP contribution in [0.15, 0.2) is 53.7 Å². The van der Waals surface area contributed by atoms with Gasteiger partial charge in [-0.1, -0.05) is 104 Å². The van der Waals surface area contributed by atoms with E-state index in [1.54, 1.807) is 30.3 Å². The van der Waals surface area contributed by atoms with Crippen LogP contribution >= 0.6 is 0 Å². The smallest absolute Gasteiger partial charge is 0.394 e. The van der Waals surface area contributed by atoms with Crippen molar-refractivity contribution >= 4 is 43.9 Å². The second kappa shape index (κ2) is 49.0. The van der Waals surface area contributed by atoms with E-state index in [0.29, 0.717) is 74.6 Å². The van der Waals surface area contributed by atoms with Crippen LogP contribution in [0.1, 0.15) is 137 Å². The number of hydrogen-bond acceptors (Lipinski definition) is 11. The number of esters is 1. The third kappa shape index (κ3) is 41.3. The molecule has 0 saturated carbocycles. The molecule has 0 aliphatic carbocycles. The molecular formula is C48H74B2N2O13S. The molecule has 0 amide bonds. The number of ether oxygens (including phenoxy) is 5. The summed E-state index contributed by atoms with van der Waals surface area (Å²) in [7, 11) is 3.33. The van der Waals surface area contributed by atoms with E-state index in [0.717, 1.165) is 31.2 Å². The van der Waals surface area contributed by atoms with Gasteiger partial charge in [0.2, 0.25) is 0 Å². The number of benzene rings is 2. The van der Waals surface area contributed by atoms with Crippen molar-refractivity contribution in [2.75, 3.05) is 39.6 Å². The van der Waals surface area contributed by atoms with E-state index in [1.165, 1.54) is 57.4 Å². The van der Waals surface area contributed by atoms with Crippen LogP contribution in [0.2, 0.25) is 0 Å². The molecular weight excluding hydrogens is 866 g/mol. The van der Waals surface area contributed by atoms with Crippen molar-refractivity contribution < 1.29 is 61.0 Å². The third-order valence-corrected chi connectivity index (χ3v) is 7.94. The first kappa shape index (κ1) is 69.6. The van der Waals surface area contributed by atoms with Gasteiger partial charge in [0.15, 0.2) is 23.0 Å². The maximum absolute atomic E-state index is 12.1. The number of rotatable bonds is 26. The lowest BCUT2D eigenvalue weighted by Gasteiger charge is -2.12. The molecule has 0 saturated heterocycles. The first-order chi connectivity index (χ1) is 31.2. The molecule has 0 aliphatic rings. The summed E-state index contributed by atoms with van der Waals surface area (Å²) in [4.78, 5) is 26.2. The lowest BCUT2D eigenvalue weighted by molar-refractivity contribution is -0.138. The molecule has 4 N–H and O–H groups in total. The number of carboxylic acids is 1. The zero-order chi connectivity index (χ0) is 50.3. The van der Waals surface area contributed by atoms with Gasteiger partial charge in [-0.15, -0.1) is 12.8 Å². The van der Waals surface area contributed by atoms with Gasteiger partial charge >= 0.3 is 22.3 Å². The summed E-state index contributed by atoms with van der Waals surface area (Å²) in [6, 6.07) is 12.3. The summed E-state index contributed by atoms with van der Waals surface area (Å²) >= 11 is 0. The minimum atomic E-state index is -4.67. The molecule has 2 aromatic rings. The minimum absolute atomic E-state index is 0. The molecule has 0 heterocycles. The van der Waals surface area contributed by atoms with Gasteiger partial charge in [0.1, 0.15) is 11.6 Å². The number of aliphatic hydroxyl groups excluding tert-OH is 1. The van der Waals surface area contributed by atoms with Crippen LogP contribution in [-0.4, -0.2) is 94.8 Å². The van der Waals surface area contributed by atoms with E-state index in [4.69, 9.17) is 63.3 Å². The second-order valence-electron chi connectivity index (χ2n) is 12.9. The Hall–Kier alpha value is -5.44. The molecule has 0 fully saturated rings. The Kier molecular flexibility index (Phi) is 51.7. The Morgan fingerprint density at radius 3 is 1.59 bits per heavy atom. The van der Waals surface area contributed by atoms with Crippen molar-refractivity contribution in [3.63, 3.8) is 0 Å². The first-order valence-electron chi connectivity index (χ1n) is 21.5. The highest BCUT2D eigenvalue weighted by Gasteiger charge is 2.12. The number of hydrogen-bond donors (Lipinski definition) is 4. The molecule has 0 bridgehead atoms. The molecule has 2 aromatic carbocycles. The maximum Gasteiger partial charge on any atom is 0.394 e. The number of carbonyl (C=O) groups excluding carboxylic acids is 1. The average molecular weight is 941 g/mol. The summed E-state index contributed by atoms with van der Waals surface area (Å²) < 4.78 is 58.8. The molecule has 2 rings (SSSR count). The summed E-state index contributed by atoms with van der Waals surface area (Å²) in [5.74, 6) is 0.691. The van der Waals surface area contributed by atoms with Crippen molar-refractivity contribution in [3.05, 3.63) is 76.3 Å². The third-order valence-electron chi connectivity index (χ3n) is 7.94. The number of carbonyl (C=O) groups is 2. The number of nitrogens with zero attached hydrogens (tertiary/aromatic N) is 2. The van der Waals surface area contributed by atoms with E-state index in [1.807, 2.05) is 45.9 Å². The molecule has 4 radical (unpaired) electrons. The highest BCUT2D eigenvalue weighted by molar-refractivity contribution is 7.79. The molecule has 0 atom stereocenters. The number of aliphatic carboxylic acids is 1. The van der Waals surface area contributed by atoms with Crippen LogP contribution in [0, 0.1) is 30.7 Å². The van der Waals surface area contributed by atoms with Crippen LogP contribution < -0.4 is 18.9 Å². The largest absolute Gasteiger partial charge is 0.490 e. The highest BCUT2D eigenvalue weighted by atomic mass is 32.3. The van der Waals surface area contributed by atoms with Gasteiger partial charge in [0, 0.05) is 22.1 Å². The van der Waals surface area contributed by atoms with E-state index < -0.39 is 22.3 Å². The fourth-order valence-corrected chi connectivity index (χ4v) is 5.09. The Labute approximate surface area is 399 Å². The Morgan fingerprint density at radius 2 is 1.17 bits per heavy atom.